The van der Waals surface area contributed by atoms with Crippen molar-refractivity contribution in [2.45, 2.75) is 0 Å². The lowest BCUT2D eigenvalue weighted by Crippen LogP contribution is -1.92. The highest BCUT2D eigenvalue weighted by Gasteiger charge is 2.17. The van der Waals surface area contributed by atoms with E-state index >= 15 is 0 Å². The van der Waals surface area contributed by atoms with Crippen molar-refractivity contribution in [2.75, 3.05) is 0 Å². The monoisotopic (exact) mass is 557 g/mol. The molecule has 0 unspecified atom stereocenters. The van der Waals surface area contributed by atoms with Crippen LogP contribution < -0.4 is 0 Å². The molecule has 0 aliphatic heterocycles. The molecule has 1 heterocycles. The predicted molar refractivity (Wildman–Crippen MR) is 188 cm³/mol. The first kappa shape index (κ1) is 24.8. The van der Waals surface area contributed by atoms with E-state index in [9.17, 15) is 0 Å². The Balaban J connectivity index is 1.23. The van der Waals surface area contributed by atoms with Gasteiger partial charge < -0.3 is 0 Å². The molecule has 0 bridgehead atoms. The molecule has 0 atom stereocenters. The van der Waals surface area contributed by atoms with Gasteiger partial charge in [0, 0.05) is 17.3 Å². The Kier molecular flexibility index (Phi) is 5.57. The molecular formula is C43H27N. The van der Waals surface area contributed by atoms with Crippen LogP contribution in [0.1, 0.15) is 0 Å². The molecule has 0 aliphatic rings. The summed E-state index contributed by atoms with van der Waals surface area (Å²) in [6.45, 7) is 0. The minimum absolute atomic E-state index is 0.974. The average molecular weight is 558 g/mol. The first-order chi connectivity index (χ1) is 21.8. The van der Waals surface area contributed by atoms with E-state index in [2.05, 4.69) is 164 Å². The molecule has 0 saturated carbocycles. The summed E-state index contributed by atoms with van der Waals surface area (Å²) in [6, 6.07) is 56.9. The van der Waals surface area contributed by atoms with Crippen LogP contribution in [0.4, 0.5) is 0 Å². The third kappa shape index (κ3) is 3.76. The Bertz CT molecular complexity index is 2430. The van der Waals surface area contributed by atoms with Crippen LogP contribution in [0.5, 0.6) is 0 Å². The Hall–Kier alpha value is -5.79. The Morgan fingerprint density at radius 1 is 0.273 bits per heavy atom. The van der Waals surface area contributed by atoms with E-state index in [-0.39, 0.29) is 0 Å². The molecule has 0 aliphatic carbocycles. The van der Waals surface area contributed by atoms with Crippen molar-refractivity contribution < 1.29 is 0 Å². The maximum atomic E-state index is 5.07. The van der Waals surface area contributed by atoms with Gasteiger partial charge in [-0.05, 0) is 82.7 Å². The van der Waals surface area contributed by atoms with Crippen molar-refractivity contribution in [2.24, 2.45) is 0 Å². The van der Waals surface area contributed by atoms with Crippen LogP contribution in [0.2, 0.25) is 0 Å². The quantitative estimate of drug-likeness (QED) is 0.155. The molecule has 1 heteroatoms. The van der Waals surface area contributed by atoms with E-state index in [1.54, 1.807) is 0 Å². The van der Waals surface area contributed by atoms with Gasteiger partial charge in [-0.3, -0.25) is 4.98 Å². The number of hydrogen-bond acceptors (Lipinski definition) is 1. The number of rotatable bonds is 3. The van der Waals surface area contributed by atoms with Gasteiger partial charge in [0.2, 0.25) is 0 Å². The van der Waals surface area contributed by atoms with E-state index in [0.717, 1.165) is 16.8 Å². The van der Waals surface area contributed by atoms with Crippen molar-refractivity contribution in [1.82, 2.24) is 4.98 Å². The maximum absolute atomic E-state index is 5.07. The summed E-state index contributed by atoms with van der Waals surface area (Å²) in [5.74, 6) is 0. The molecule has 0 saturated heterocycles. The molecule has 0 radical (unpaired) electrons. The van der Waals surface area contributed by atoms with Gasteiger partial charge in [0.1, 0.15) is 0 Å². The molecule has 44 heavy (non-hydrogen) atoms. The largest absolute Gasteiger partial charge is 0.256 e. The SMILES string of the molecule is c1ccc(-c2c3ccccc3c(-c3ccc(-c4ccc5c6ccccc6c6ccccc6c5c4)nc3)c3ccccc23)cc1. The standard InChI is InChI=1S/C43H27N/c1-2-12-28(13-3-1)42-36-18-8-10-20-38(36)43(39-21-11-9-19-37(39)42)30-23-25-41(44-27-30)29-22-24-35-33-16-5-4-14-31(33)32-15-6-7-17-34(32)40(35)26-29/h1-27H. The lowest BCUT2D eigenvalue weighted by molar-refractivity contribution is 1.33. The van der Waals surface area contributed by atoms with Crippen LogP contribution in [0.25, 0.3) is 87.4 Å². The second-order valence-electron chi connectivity index (χ2n) is 11.5. The van der Waals surface area contributed by atoms with Crippen molar-refractivity contribution >= 4 is 53.9 Å². The number of benzene rings is 8. The Morgan fingerprint density at radius 3 is 1.18 bits per heavy atom. The normalized spacial score (nSPS) is 11.6. The summed E-state index contributed by atoms with van der Waals surface area (Å²) in [5.41, 5.74) is 6.96. The third-order valence-corrected chi connectivity index (χ3v) is 9.09. The summed E-state index contributed by atoms with van der Waals surface area (Å²) < 4.78 is 0. The average Bonchev–Trinajstić information content (AvgIpc) is 3.11. The van der Waals surface area contributed by atoms with E-state index in [1.165, 1.54) is 70.6 Å². The van der Waals surface area contributed by atoms with E-state index in [4.69, 9.17) is 4.98 Å². The molecule has 9 rings (SSSR count). The van der Waals surface area contributed by atoms with E-state index in [0.29, 0.717) is 0 Å². The minimum Gasteiger partial charge on any atom is -0.256 e. The number of pyridine rings is 1. The summed E-state index contributed by atoms with van der Waals surface area (Å²) in [7, 11) is 0. The number of fused-ring (bicyclic) bond motifs is 8. The first-order valence-electron chi connectivity index (χ1n) is 15.1. The molecule has 8 aromatic carbocycles. The zero-order chi connectivity index (χ0) is 29.0. The number of aromatic nitrogens is 1. The second-order valence-corrected chi connectivity index (χ2v) is 11.5. The van der Waals surface area contributed by atoms with Gasteiger partial charge in [0.25, 0.3) is 0 Å². The van der Waals surface area contributed by atoms with Crippen LogP contribution in [-0.2, 0) is 0 Å². The fourth-order valence-corrected chi connectivity index (χ4v) is 7.13. The molecule has 204 valence electrons. The summed E-state index contributed by atoms with van der Waals surface area (Å²) >= 11 is 0. The third-order valence-electron chi connectivity index (χ3n) is 9.09. The lowest BCUT2D eigenvalue weighted by atomic mass is 9.86. The molecule has 0 amide bonds. The molecule has 9 aromatic rings. The van der Waals surface area contributed by atoms with Gasteiger partial charge in [0.05, 0.1) is 5.69 Å². The summed E-state index contributed by atoms with van der Waals surface area (Å²) in [6.07, 6.45) is 2.05. The molecule has 0 spiro atoms. The zero-order valence-corrected chi connectivity index (χ0v) is 24.0. The molecular weight excluding hydrogens is 530 g/mol. The Morgan fingerprint density at radius 2 is 0.682 bits per heavy atom. The van der Waals surface area contributed by atoms with Crippen molar-refractivity contribution in [3.63, 3.8) is 0 Å². The van der Waals surface area contributed by atoms with Gasteiger partial charge in [-0.2, -0.15) is 0 Å². The number of nitrogens with zero attached hydrogens (tertiary/aromatic N) is 1. The minimum atomic E-state index is 0.974. The fourth-order valence-electron chi connectivity index (χ4n) is 7.13. The topological polar surface area (TPSA) is 12.9 Å². The highest BCUT2D eigenvalue weighted by Crippen LogP contribution is 2.44. The zero-order valence-electron chi connectivity index (χ0n) is 24.0. The van der Waals surface area contributed by atoms with Crippen molar-refractivity contribution in [3.05, 3.63) is 164 Å². The van der Waals surface area contributed by atoms with Crippen LogP contribution in [-0.4, -0.2) is 4.98 Å². The van der Waals surface area contributed by atoms with Crippen LogP contribution >= 0.6 is 0 Å². The summed E-state index contributed by atoms with van der Waals surface area (Å²) in [4.78, 5) is 5.07. The van der Waals surface area contributed by atoms with Crippen molar-refractivity contribution in [3.8, 4) is 33.5 Å². The van der Waals surface area contributed by atoms with Gasteiger partial charge in [-0.15, -0.1) is 0 Å². The molecule has 1 aromatic heterocycles. The molecule has 0 fully saturated rings. The number of hydrogen-bond donors (Lipinski definition) is 0. The second kappa shape index (κ2) is 9.90. The van der Waals surface area contributed by atoms with Crippen LogP contribution in [0.15, 0.2) is 164 Å². The maximum Gasteiger partial charge on any atom is 0.0702 e. The fraction of sp³-hybridized carbons (Fsp3) is 0. The van der Waals surface area contributed by atoms with Gasteiger partial charge >= 0.3 is 0 Å². The van der Waals surface area contributed by atoms with Gasteiger partial charge in [-0.1, -0.05) is 146 Å². The molecule has 0 N–H and O–H groups in total. The van der Waals surface area contributed by atoms with Crippen molar-refractivity contribution in [1.29, 1.82) is 0 Å². The first-order valence-corrected chi connectivity index (χ1v) is 15.1. The van der Waals surface area contributed by atoms with Crippen LogP contribution in [0.3, 0.4) is 0 Å². The highest BCUT2D eigenvalue weighted by atomic mass is 14.7. The van der Waals surface area contributed by atoms with Gasteiger partial charge in [0.15, 0.2) is 0 Å². The van der Waals surface area contributed by atoms with E-state index in [1.807, 2.05) is 0 Å². The summed E-state index contributed by atoms with van der Waals surface area (Å²) in [5, 5.41) is 12.7. The predicted octanol–water partition coefficient (Wildman–Crippen LogP) is 11.8. The van der Waals surface area contributed by atoms with Gasteiger partial charge in [-0.25, -0.2) is 0 Å². The van der Waals surface area contributed by atoms with Crippen LogP contribution in [0, 0.1) is 0 Å². The lowest BCUT2D eigenvalue weighted by Gasteiger charge is -2.17. The Labute approximate surface area is 255 Å². The molecule has 1 nitrogen and oxygen atoms in total. The highest BCUT2D eigenvalue weighted by molar-refractivity contribution is 6.26. The van der Waals surface area contributed by atoms with E-state index < -0.39 is 0 Å². The smallest absolute Gasteiger partial charge is 0.0702 e.